The summed E-state index contributed by atoms with van der Waals surface area (Å²) in [5.74, 6) is 0.703. The number of hydrogen-bond acceptors (Lipinski definition) is 4. The lowest BCUT2D eigenvalue weighted by molar-refractivity contribution is 0.0730. The van der Waals surface area contributed by atoms with E-state index < -0.39 is 10.0 Å². The fourth-order valence-electron chi connectivity index (χ4n) is 3.81. The largest absolute Gasteiger partial charge is 0.379 e. The van der Waals surface area contributed by atoms with Gasteiger partial charge in [-0.2, -0.15) is 4.31 Å². The van der Waals surface area contributed by atoms with Crippen LogP contribution in [0.5, 0.6) is 0 Å². The molecule has 1 aromatic rings. The minimum Gasteiger partial charge on any atom is -0.379 e. The van der Waals surface area contributed by atoms with E-state index in [1.165, 1.54) is 22.9 Å². The number of carbonyl (C=O) groups excluding carboxylic acids is 1. The number of nitrogens with one attached hydrogen (secondary N) is 1. The zero-order valence-corrected chi connectivity index (χ0v) is 17.4. The Morgan fingerprint density at radius 3 is 2.63 bits per heavy atom. The fraction of sp³-hybridized carbons (Fsp3) is 0.632. The zero-order chi connectivity index (χ0) is 19.6. The van der Waals surface area contributed by atoms with Gasteiger partial charge in [0.05, 0.1) is 18.2 Å². The number of hydrogen-bond donors (Lipinski definition) is 1. The lowest BCUT2D eigenvalue weighted by Crippen LogP contribution is -2.43. The van der Waals surface area contributed by atoms with Gasteiger partial charge in [0.15, 0.2) is 0 Å². The van der Waals surface area contributed by atoms with Gasteiger partial charge in [0, 0.05) is 24.7 Å². The summed E-state index contributed by atoms with van der Waals surface area (Å²) in [4.78, 5) is 12.7. The predicted molar refractivity (Wildman–Crippen MR) is 104 cm³/mol. The maximum Gasteiger partial charge on any atom is 0.251 e. The number of morpholine rings is 1. The molecule has 1 heterocycles. The van der Waals surface area contributed by atoms with E-state index in [1.54, 1.807) is 6.07 Å². The van der Waals surface area contributed by atoms with Gasteiger partial charge < -0.3 is 10.1 Å². The number of amides is 1. The Hall–Kier alpha value is -1.15. The standard InChI is InChI=1S/C19H27ClN2O4S/c1-13-4-3-5-17(14(13)2)21-19(23)15-6-7-16(20)18(12-15)27(24,25)22-8-10-26-11-9-22/h6-7,12-14,17H,3-5,8-11H2,1-2H3,(H,21,23)/t13-,14+,17+/m0/s1. The van der Waals surface area contributed by atoms with Gasteiger partial charge in [0.1, 0.15) is 4.90 Å². The minimum absolute atomic E-state index is 0.0243. The molecule has 0 bridgehead atoms. The van der Waals surface area contributed by atoms with E-state index in [2.05, 4.69) is 19.2 Å². The monoisotopic (exact) mass is 414 g/mol. The van der Waals surface area contributed by atoms with Gasteiger partial charge in [-0.05, 0) is 36.5 Å². The summed E-state index contributed by atoms with van der Waals surface area (Å²) in [6.07, 6.45) is 3.22. The van der Waals surface area contributed by atoms with E-state index in [9.17, 15) is 13.2 Å². The normalized spacial score (nSPS) is 27.3. The van der Waals surface area contributed by atoms with Gasteiger partial charge in [-0.3, -0.25) is 4.79 Å². The van der Waals surface area contributed by atoms with Crippen molar-refractivity contribution in [2.24, 2.45) is 11.8 Å². The SMILES string of the molecule is C[C@@H]1[C@@H](C)CCC[C@H]1NC(=O)c1ccc(Cl)c(S(=O)(=O)N2CCOCC2)c1. The van der Waals surface area contributed by atoms with Crippen LogP contribution in [0.2, 0.25) is 5.02 Å². The highest BCUT2D eigenvalue weighted by Crippen LogP contribution is 2.30. The molecule has 1 aromatic carbocycles. The average Bonchev–Trinajstić information content (AvgIpc) is 2.66. The summed E-state index contributed by atoms with van der Waals surface area (Å²) < 4.78 is 32.4. The summed E-state index contributed by atoms with van der Waals surface area (Å²) >= 11 is 6.17. The Morgan fingerprint density at radius 1 is 1.22 bits per heavy atom. The molecule has 8 heteroatoms. The first-order valence-corrected chi connectivity index (χ1v) is 11.3. The van der Waals surface area contributed by atoms with Crippen LogP contribution in [0.15, 0.2) is 23.1 Å². The van der Waals surface area contributed by atoms with Crippen LogP contribution in [-0.2, 0) is 14.8 Å². The molecule has 0 unspecified atom stereocenters. The van der Waals surface area contributed by atoms with Crippen molar-refractivity contribution >= 4 is 27.5 Å². The minimum atomic E-state index is -3.76. The third kappa shape index (κ3) is 4.47. The quantitative estimate of drug-likeness (QED) is 0.821. The van der Waals surface area contributed by atoms with E-state index in [0.717, 1.165) is 12.8 Å². The lowest BCUT2D eigenvalue weighted by atomic mass is 9.78. The molecule has 6 nitrogen and oxygen atoms in total. The smallest absolute Gasteiger partial charge is 0.251 e. The summed E-state index contributed by atoms with van der Waals surface area (Å²) in [6.45, 7) is 5.64. The molecule has 1 aliphatic heterocycles. The first kappa shape index (κ1) is 20.6. The average molecular weight is 415 g/mol. The topological polar surface area (TPSA) is 75.7 Å². The first-order valence-electron chi connectivity index (χ1n) is 9.49. The van der Waals surface area contributed by atoms with Gasteiger partial charge in [-0.15, -0.1) is 0 Å². The lowest BCUT2D eigenvalue weighted by Gasteiger charge is -2.34. The van der Waals surface area contributed by atoms with E-state index in [4.69, 9.17) is 16.3 Å². The Balaban J connectivity index is 1.81. The van der Waals surface area contributed by atoms with Crippen LogP contribution in [0.1, 0.15) is 43.5 Å². The van der Waals surface area contributed by atoms with Crippen LogP contribution in [0.25, 0.3) is 0 Å². The molecule has 1 saturated heterocycles. The fourth-order valence-corrected chi connectivity index (χ4v) is 5.71. The van der Waals surface area contributed by atoms with Gasteiger partial charge >= 0.3 is 0 Å². The number of sulfonamides is 1. The third-order valence-corrected chi connectivity index (χ3v) is 8.18. The van der Waals surface area contributed by atoms with Crippen molar-refractivity contribution in [1.82, 2.24) is 9.62 Å². The summed E-state index contributed by atoms with van der Waals surface area (Å²) in [5.41, 5.74) is 0.316. The molecule has 2 fully saturated rings. The summed E-state index contributed by atoms with van der Waals surface area (Å²) in [7, 11) is -3.76. The van der Waals surface area contributed by atoms with Crippen LogP contribution >= 0.6 is 11.6 Å². The van der Waals surface area contributed by atoms with Crippen molar-refractivity contribution in [1.29, 1.82) is 0 Å². The summed E-state index contributed by atoms with van der Waals surface area (Å²) in [6, 6.07) is 4.56. The highest BCUT2D eigenvalue weighted by molar-refractivity contribution is 7.89. The Kier molecular flexibility index (Phi) is 6.46. The molecular formula is C19H27ClN2O4S. The second kappa shape index (κ2) is 8.47. The highest BCUT2D eigenvalue weighted by atomic mass is 35.5. The molecule has 1 amide bonds. The van der Waals surface area contributed by atoms with Crippen molar-refractivity contribution in [3.8, 4) is 0 Å². The molecule has 1 saturated carbocycles. The van der Waals surface area contributed by atoms with Crippen LogP contribution in [0, 0.1) is 11.8 Å². The molecule has 0 aromatic heterocycles. The van der Waals surface area contributed by atoms with Crippen molar-refractivity contribution in [3.05, 3.63) is 28.8 Å². The molecule has 1 aliphatic carbocycles. The van der Waals surface area contributed by atoms with Crippen LogP contribution in [-0.4, -0.2) is 51.0 Å². The summed E-state index contributed by atoms with van der Waals surface area (Å²) in [5, 5.41) is 3.21. The zero-order valence-electron chi connectivity index (χ0n) is 15.8. The number of carbonyl (C=O) groups is 1. The van der Waals surface area contributed by atoms with Gasteiger partial charge in [0.25, 0.3) is 5.91 Å². The predicted octanol–water partition coefficient (Wildman–Crippen LogP) is 2.92. The maximum absolute atomic E-state index is 12.9. The Labute approximate surface area is 166 Å². The molecule has 2 aliphatic rings. The second-order valence-electron chi connectivity index (χ2n) is 7.51. The van der Waals surface area contributed by atoms with Gasteiger partial charge in [0.2, 0.25) is 10.0 Å². The number of benzene rings is 1. The van der Waals surface area contributed by atoms with E-state index in [0.29, 0.717) is 30.6 Å². The molecule has 1 N–H and O–H groups in total. The molecule has 3 rings (SSSR count). The second-order valence-corrected chi connectivity index (χ2v) is 9.82. The Morgan fingerprint density at radius 2 is 1.93 bits per heavy atom. The molecular weight excluding hydrogens is 388 g/mol. The van der Waals surface area contributed by atoms with Crippen molar-refractivity contribution in [3.63, 3.8) is 0 Å². The number of ether oxygens (including phenoxy) is 1. The van der Waals surface area contributed by atoms with Gasteiger partial charge in [-0.25, -0.2) is 8.42 Å². The van der Waals surface area contributed by atoms with E-state index in [-0.39, 0.29) is 35.0 Å². The number of nitrogens with zero attached hydrogens (tertiary/aromatic N) is 1. The first-order chi connectivity index (χ1) is 12.8. The van der Waals surface area contributed by atoms with Crippen molar-refractivity contribution in [2.75, 3.05) is 26.3 Å². The molecule has 0 spiro atoms. The van der Waals surface area contributed by atoms with Gasteiger partial charge in [-0.1, -0.05) is 38.3 Å². The molecule has 27 heavy (non-hydrogen) atoms. The molecule has 0 radical (unpaired) electrons. The highest BCUT2D eigenvalue weighted by Gasteiger charge is 2.31. The van der Waals surface area contributed by atoms with Crippen molar-refractivity contribution in [2.45, 2.75) is 44.0 Å². The molecule has 3 atom stereocenters. The maximum atomic E-state index is 12.9. The van der Waals surface area contributed by atoms with Crippen LogP contribution < -0.4 is 5.32 Å². The van der Waals surface area contributed by atoms with Crippen molar-refractivity contribution < 1.29 is 17.9 Å². The van der Waals surface area contributed by atoms with E-state index in [1.807, 2.05) is 0 Å². The Bertz CT molecular complexity index is 793. The molecule has 150 valence electrons. The van der Waals surface area contributed by atoms with E-state index >= 15 is 0 Å². The third-order valence-electron chi connectivity index (χ3n) is 5.80. The van der Waals surface area contributed by atoms with Crippen LogP contribution in [0.3, 0.4) is 0 Å². The number of rotatable bonds is 4. The van der Waals surface area contributed by atoms with Crippen LogP contribution in [0.4, 0.5) is 0 Å². The number of halogens is 1.